The number of nitrogens with zero attached hydrogens (tertiary/aromatic N) is 2. The van der Waals surface area contributed by atoms with Gasteiger partial charge in [0.2, 0.25) is 10.0 Å². The molecule has 1 aliphatic heterocycles. The van der Waals surface area contributed by atoms with Crippen LogP contribution in [-0.2, 0) is 14.8 Å². The normalized spacial score (nSPS) is 16.5. The molecule has 0 aromatic heterocycles. The zero-order valence-corrected chi connectivity index (χ0v) is 22.7. The van der Waals surface area contributed by atoms with Crippen LogP contribution >= 0.6 is 34.8 Å². The molecule has 204 valence electrons. The predicted molar refractivity (Wildman–Crippen MR) is 134 cm³/mol. The van der Waals surface area contributed by atoms with Crippen molar-refractivity contribution < 1.29 is 35.5 Å². The minimum atomic E-state index is -5.55. The quantitative estimate of drug-likeness (QED) is 0.338. The van der Waals surface area contributed by atoms with Crippen LogP contribution in [0, 0.1) is 11.7 Å². The van der Waals surface area contributed by atoms with Gasteiger partial charge in [0, 0.05) is 22.2 Å². The second kappa shape index (κ2) is 11.5. The number of carbonyl (C=O) groups excluding carboxylic acids is 1. The van der Waals surface area contributed by atoms with E-state index >= 15 is 0 Å². The predicted octanol–water partition coefficient (Wildman–Crippen LogP) is 6.49. The lowest BCUT2D eigenvalue weighted by molar-refractivity contribution is -0.169. The first-order valence-corrected chi connectivity index (χ1v) is 14.0. The summed E-state index contributed by atoms with van der Waals surface area (Å²) in [5, 5.41) is 0.759. The number of benzene rings is 2. The minimum absolute atomic E-state index is 0.0753. The molecule has 14 heteroatoms. The first-order chi connectivity index (χ1) is 17.1. The van der Waals surface area contributed by atoms with Gasteiger partial charge in [-0.25, -0.2) is 12.8 Å². The van der Waals surface area contributed by atoms with Crippen molar-refractivity contribution in [3.8, 4) is 5.75 Å². The van der Waals surface area contributed by atoms with Crippen molar-refractivity contribution >= 4 is 56.4 Å². The molecular weight excluding hydrogens is 583 g/mol. The number of ether oxygens (including phenoxy) is 1. The molecular formula is C23H23Cl3F4N2O4S. The van der Waals surface area contributed by atoms with E-state index in [9.17, 15) is 30.8 Å². The van der Waals surface area contributed by atoms with E-state index in [2.05, 4.69) is 4.90 Å². The third-order valence-corrected chi connectivity index (χ3v) is 7.78. The van der Waals surface area contributed by atoms with E-state index in [0.29, 0.717) is 28.4 Å². The molecule has 0 spiro atoms. The highest BCUT2D eigenvalue weighted by molar-refractivity contribution is 7.92. The molecule has 6 nitrogen and oxygen atoms in total. The Kier molecular flexibility index (Phi) is 9.27. The zero-order valence-electron chi connectivity index (χ0n) is 19.7. The molecule has 0 aliphatic carbocycles. The standard InChI is InChI=1S/C23H23Cl3F4N2O4S/c1-13(15-7-16(24)9-17(25)8-15)31-5-3-14(4-6-31)12-36-21-11-19(27)20(10-18(21)26)32(37(2,34)35)22(33)23(28,29)30/h7-11,13-14H,3-6,12H2,1-2H3. The fourth-order valence-corrected chi connectivity index (χ4v) is 5.74. The summed E-state index contributed by atoms with van der Waals surface area (Å²) in [6, 6.07) is 6.75. The zero-order chi connectivity index (χ0) is 27.7. The number of sulfonamides is 1. The van der Waals surface area contributed by atoms with Gasteiger partial charge in [-0.2, -0.15) is 17.5 Å². The maximum Gasteiger partial charge on any atom is 0.472 e. The minimum Gasteiger partial charge on any atom is -0.492 e. The van der Waals surface area contributed by atoms with Crippen LogP contribution in [0.5, 0.6) is 5.75 Å². The van der Waals surface area contributed by atoms with Crippen LogP contribution < -0.4 is 9.04 Å². The molecule has 3 rings (SSSR count). The lowest BCUT2D eigenvalue weighted by atomic mass is 9.95. The molecule has 2 aromatic carbocycles. The summed E-state index contributed by atoms with van der Waals surface area (Å²) < 4.78 is 82.1. The van der Waals surface area contributed by atoms with Crippen LogP contribution in [0.1, 0.15) is 31.4 Å². The summed E-state index contributed by atoms with van der Waals surface area (Å²) in [6.07, 6.45) is -3.71. The second-order valence-corrected chi connectivity index (χ2v) is 11.8. The number of hydrogen-bond acceptors (Lipinski definition) is 5. The van der Waals surface area contributed by atoms with Gasteiger partial charge < -0.3 is 4.74 Å². The van der Waals surface area contributed by atoms with Gasteiger partial charge in [-0.1, -0.05) is 34.8 Å². The molecule has 1 heterocycles. The van der Waals surface area contributed by atoms with Gasteiger partial charge in [-0.15, -0.1) is 0 Å². The number of likely N-dealkylation sites (tertiary alicyclic amines) is 1. The Morgan fingerprint density at radius 2 is 1.68 bits per heavy atom. The van der Waals surface area contributed by atoms with E-state index in [1.54, 1.807) is 6.07 Å². The highest BCUT2D eigenvalue weighted by Gasteiger charge is 2.47. The van der Waals surface area contributed by atoms with Crippen molar-refractivity contribution in [1.82, 2.24) is 4.90 Å². The number of anilines is 1. The first kappa shape index (κ1) is 29.8. The number of rotatable bonds is 7. The summed E-state index contributed by atoms with van der Waals surface area (Å²) in [4.78, 5) is 13.9. The maximum atomic E-state index is 14.7. The number of carbonyl (C=O) groups is 1. The van der Waals surface area contributed by atoms with Crippen molar-refractivity contribution in [2.45, 2.75) is 32.0 Å². The summed E-state index contributed by atoms with van der Waals surface area (Å²) in [7, 11) is -4.81. The van der Waals surface area contributed by atoms with Gasteiger partial charge in [0.05, 0.1) is 23.6 Å². The van der Waals surface area contributed by atoms with Crippen LogP contribution in [0.3, 0.4) is 0 Å². The third kappa shape index (κ3) is 7.41. The lowest BCUT2D eigenvalue weighted by Gasteiger charge is -2.36. The molecule has 0 bridgehead atoms. The first-order valence-electron chi connectivity index (χ1n) is 11.0. The average molecular weight is 606 g/mol. The molecule has 2 aromatic rings. The van der Waals surface area contributed by atoms with Gasteiger partial charge in [-0.3, -0.25) is 9.69 Å². The van der Waals surface area contributed by atoms with Crippen LogP contribution in [0.2, 0.25) is 15.1 Å². The summed E-state index contributed by atoms with van der Waals surface area (Å²) in [6.45, 7) is 3.68. The number of piperidine rings is 1. The van der Waals surface area contributed by atoms with Crippen molar-refractivity contribution in [2.24, 2.45) is 5.92 Å². The number of alkyl halides is 3. The van der Waals surface area contributed by atoms with Crippen molar-refractivity contribution in [3.05, 3.63) is 56.8 Å². The van der Waals surface area contributed by atoms with Crippen molar-refractivity contribution in [2.75, 3.05) is 30.3 Å². The van der Waals surface area contributed by atoms with E-state index < -0.39 is 37.9 Å². The Hall–Kier alpha value is -1.79. The van der Waals surface area contributed by atoms with E-state index in [1.165, 1.54) is 0 Å². The van der Waals surface area contributed by atoms with Gasteiger partial charge in [0.15, 0.2) is 5.82 Å². The monoisotopic (exact) mass is 604 g/mol. The Morgan fingerprint density at radius 3 is 2.19 bits per heavy atom. The Labute approximate surface area is 227 Å². The highest BCUT2D eigenvalue weighted by Crippen LogP contribution is 2.36. The van der Waals surface area contributed by atoms with E-state index in [1.807, 2.05) is 19.1 Å². The summed E-state index contributed by atoms with van der Waals surface area (Å²) >= 11 is 18.3. The smallest absolute Gasteiger partial charge is 0.472 e. The van der Waals surface area contributed by atoms with Crippen molar-refractivity contribution in [3.63, 3.8) is 0 Å². The number of amides is 1. The molecule has 1 saturated heterocycles. The SMILES string of the molecule is CC(c1cc(Cl)cc(Cl)c1)N1CCC(COc2cc(F)c(N(C(=O)C(F)(F)F)S(C)(=O)=O)cc2Cl)CC1. The van der Waals surface area contributed by atoms with Gasteiger partial charge in [-0.05, 0) is 68.6 Å². The third-order valence-electron chi connectivity index (χ3n) is 6.02. The average Bonchev–Trinajstić information content (AvgIpc) is 2.78. The van der Waals surface area contributed by atoms with Gasteiger partial charge >= 0.3 is 12.1 Å². The second-order valence-electron chi connectivity index (χ2n) is 8.73. The molecule has 1 aliphatic rings. The molecule has 0 N–H and O–H groups in total. The lowest BCUT2D eigenvalue weighted by Crippen LogP contribution is -2.45. The molecule has 1 atom stereocenters. The highest BCUT2D eigenvalue weighted by atomic mass is 35.5. The molecule has 1 amide bonds. The molecule has 1 fully saturated rings. The van der Waals surface area contributed by atoms with Crippen LogP contribution in [0.25, 0.3) is 0 Å². The van der Waals surface area contributed by atoms with Gasteiger partial charge in [0.1, 0.15) is 5.75 Å². The van der Waals surface area contributed by atoms with Crippen LogP contribution in [-0.4, -0.2) is 51.4 Å². The molecule has 0 radical (unpaired) electrons. The number of halogens is 7. The fraction of sp³-hybridized carbons (Fsp3) is 0.435. The topological polar surface area (TPSA) is 66.9 Å². The summed E-state index contributed by atoms with van der Waals surface area (Å²) in [5.74, 6) is -4.27. The largest absolute Gasteiger partial charge is 0.492 e. The Balaban J connectivity index is 1.66. The van der Waals surface area contributed by atoms with E-state index in [4.69, 9.17) is 39.5 Å². The molecule has 37 heavy (non-hydrogen) atoms. The van der Waals surface area contributed by atoms with E-state index in [0.717, 1.165) is 31.5 Å². The van der Waals surface area contributed by atoms with Crippen LogP contribution in [0.4, 0.5) is 23.2 Å². The number of hydrogen-bond donors (Lipinski definition) is 0. The van der Waals surface area contributed by atoms with E-state index in [-0.39, 0.29) is 29.3 Å². The fourth-order valence-electron chi connectivity index (χ4n) is 4.08. The maximum absolute atomic E-state index is 14.7. The Morgan fingerprint density at radius 1 is 1.11 bits per heavy atom. The molecule has 1 unspecified atom stereocenters. The van der Waals surface area contributed by atoms with Crippen molar-refractivity contribution in [1.29, 1.82) is 0 Å². The van der Waals surface area contributed by atoms with Gasteiger partial charge in [0.25, 0.3) is 0 Å². The van der Waals surface area contributed by atoms with Crippen LogP contribution in [0.15, 0.2) is 30.3 Å². The summed E-state index contributed by atoms with van der Waals surface area (Å²) in [5.41, 5.74) is -0.160. The Bertz CT molecular complexity index is 1250. The molecule has 0 saturated carbocycles.